The first kappa shape index (κ1) is 13.5. The molecule has 0 spiro atoms. The van der Waals surface area contributed by atoms with Gasteiger partial charge in [0.25, 0.3) is 0 Å². The van der Waals surface area contributed by atoms with Crippen molar-refractivity contribution in [2.24, 2.45) is 5.92 Å². The summed E-state index contributed by atoms with van der Waals surface area (Å²) in [6.07, 6.45) is 9.58. The minimum atomic E-state index is -0.0299. The van der Waals surface area contributed by atoms with Gasteiger partial charge in [0.05, 0.1) is 0 Å². The summed E-state index contributed by atoms with van der Waals surface area (Å²) in [5.74, 6) is 0.775. The maximum Gasteiger partial charge on any atom is 0.226 e. The summed E-state index contributed by atoms with van der Waals surface area (Å²) in [7, 11) is 0. The Hall–Kier alpha value is -1.97. The second-order valence-electron chi connectivity index (χ2n) is 4.86. The van der Waals surface area contributed by atoms with Crippen LogP contribution in [0.3, 0.4) is 0 Å². The third-order valence-corrected chi connectivity index (χ3v) is 3.24. The standard InChI is InChI=1S/C15H18N2O2/c1-11(18)13-7-8-14(16-10-13)17-15(19)9-12-5-3-2-4-6-12/h3,5,7-8,10,12H,2,4,6,9H2,1H3,(H,16,17,19). The highest BCUT2D eigenvalue weighted by molar-refractivity contribution is 5.94. The molecule has 1 aromatic rings. The highest BCUT2D eigenvalue weighted by atomic mass is 16.1. The van der Waals surface area contributed by atoms with Crippen molar-refractivity contribution >= 4 is 17.5 Å². The van der Waals surface area contributed by atoms with Gasteiger partial charge in [-0.15, -0.1) is 0 Å². The molecule has 0 saturated carbocycles. The predicted octanol–water partition coefficient (Wildman–Crippen LogP) is 2.97. The number of hydrogen-bond donors (Lipinski definition) is 1. The van der Waals surface area contributed by atoms with Gasteiger partial charge in [0, 0.05) is 18.2 Å². The summed E-state index contributed by atoms with van der Waals surface area (Å²) in [6, 6.07) is 3.33. The maximum atomic E-state index is 11.8. The van der Waals surface area contributed by atoms with E-state index in [1.54, 1.807) is 12.1 Å². The zero-order valence-corrected chi connectivity index (χ0v) is 11.1. The Morgan fingerprint density at radius 2 is 2.26 bits per heavy atom. The van der Waals surface area contributed by atoms with Crippen molar-refractivity contribution in [2.75, 3.05) is 5.32 Å². The van der Waals surface area contributed by atoms with Crippen LogP contribution in [0.1, 0.15) is 43.0 Å². The smallest absolute Gasteiger partial charge is 0.226 e. The first-order chi connectivity index (χ1) is 9.15. The van der Waals surface area contributed by atoms with Crippen LogP contribution in [0, 0.1) is 5.92 Å². The summed E-state index contributed by atoms with van der Waals surface area (Å²) >= 11 is 0. The number of Topliss-reactive ketones (excluding diaryl/α,β-unsaturated/α-hetero) is 1. The highest BCUT2D eigenvalue weighted by Gasteiger charge is 2.13. The second-order valence-corrected chi connectivity index (χ2v) is 4.86. The summed E-state index contributed by atoms with van der Waals surface area (Å²) in [5.41, 5.74) is 0.549. The third kappa shape index (κ3) is 4.02. The lowest BCUT2D eigenvalue weighted by Gasteiger charge is -2.15. The van der Waals surface area contributed by atoms with E-state index in [-0.39, 0.29) is 11.7 Å². The van der Waals surface area contributed by atoms with Gasteiger partial charge >= 0.3 is 0 Å². The summed E-state index contributed by atoms with van der Waals surface area (Å²) in [5, 5.41) is 2.76. The Labute approximate surface area is 112 Å². The van der Waals surface area contributed by atoms with Crippen LogP contribution in [-0.4, -0.2) is 16.7 Å². The average molecular weight is 258 g/mol. The Balaban J connectivity index is 1.89. The predicted molar refractivity (Wildman–Crippen MR) is 74.0 cm³/mol. The van der Waals surface area contributed by atoms with Gasteiger partial charge in [-0.2, -0.15) is 0 Å². The molecule has 1 aliphatic carbocycles. The second kappa shape index (κ2) is 6.27. The highest BCUT2D eigenvalue weighted by Crippen LogP contribution is 2.20. The van der Waals surface area contributed by atoms with Crippen LogP contribution < -0.4 is 5.32 Å². The molecule has 0 bridgehead atoms. The summed E-state index contributed by atoms with van der Waals surface area (Å²) in [6.45, 7) is 1.49. The van der Waals surface area contributed by atoms with E-state index < -0.39 is 0 Å². The van der Waals surface area contributed by atoms with Crippen LogP contribution in [-0.2, 0) is 4.79 Å². The number of aromatic nitrogens is 1. The minimum absolute atomic E-state index is 0.0281. The fraction of sp³-hybridized carbons (Fsp3) is 0.400. The van der Waals surface area contributed by atoms with Crippen LogP contribution in [0.25, 0.3) is 0 Å². The molecule has 1 atom stereocenters. The lowest BCUT2D eigenvalue weighted by atomic mass is 9.93. The Bertz CT molecular complexity index is 491. The molecule has 1 heterocycles. The third-order valence-electron chi connectivity index (χ3n) is 3.24. The van der Waals surface area contributed by atoms with E-state index in [1.807, 2.05) is 0 Å². The summed E-state index contributed by atoms with van der Waals surface area (Å²) in [4.78, 5) is 27.0. The van der Waals surface area contributed by atoms with Crippen LogP contribution in [0.4, 0.5) is 5.82 Å². The Morgan fingerprint density at radius 3 is 2.84 bits per heavy atom. The van der Waals surface area contributed by atoms with Crippen LogP contribution in [0.2, 0.25) is 0 Å². The first-order valence-corrected chi connectivity index (χ1v) is 6.58. The SMILES string of the molecule is CC(=O)c1ccc(NC(=O)CC2C=CCCC2)nc1. The van der Waals surface area contributed by atoms with E-state index in [9.17, 15) is 9.59 Å². The number of amides is 1. The molecule has 1 N–H and O–H groups in total. The zero-order valence-electron chi connectivity index (χ0n) is 11.1. The number of anilines is 1. The van der Waals surface area contributed by atoms with Gasteiger partial charge in [0.15, 0.2) is 5.78 Å². The molecule has 4 nitrogen and oxygen atoms in total. The number of pyridine rings is 1. The molecule has 1 aromatic heterocycles. The molecule has 0 aromatic carbocycles. The molecule has 1 aliphatic rings. The van der Waals surface area contributed by atoms with Crippen molar-refractivity contribution in [3.05, 3.63) is 36.0 Å². The van der Waals surface area contributed by atoms with Crippen molar-refractivity contribution in [2.45, 2.75) is 32.6 Å². The van der Waals surface area contributed by atoms with E-state index in [2.05, 4.69) is 22.5 Å². The van der Waals surface area contributed by atoms with Gasteiger partial charge in [-0.05, 0) is 44.2 Å². The van der Waals surface area contributed by atoms with Gasteiger partial charge in [-0.3, -0.25) is 9.59 Å². The number of carbonyl (C=O) groups is 2. The van der Waals surface area contributed by atoms with Gasteiger partial charge in [0.2, 0.25) is 5.91 Å². The molecule has 19 heavy (non-hydrogen) atoms. The number of nitrogens with zero attached hydrogens (tertiary/aromatic N) is 1. The lowest BCUT2D eigenvalue weighted by molar-refractivity contribution is -0.116. The van der Waals surface area contributed by atoms with Crippen molar-refractivity contribution < 1.29 is 9.59 Å². The van der Waals surface area contributed by atoms with Gasteiger partial charge < -0.3 is 5.32 Å². The number of ketones is 1. The summed E-state index contributed by atoms with van der Waals surface area (Å²) < 4.78 is 0. The largest absolute Gasteiger partial charge is 0.311 e. The molecule has 0 fully saturated rings. The van der Waals surface area contributed by atoms with E-state index in [0.717, 1.165) is 19.3 Å². The van der Waals surface area contributed by atoms with Gasteiger partial charge in [-0.25, -0.2) is 4.98 Å². The molecular formula is C15H18N2O2. The molecule has 4 heteroatoms. The van der Waals surface area contributed by atoms with Crippen molar-refractivity contribution in [3.63, 3.8) is 0 Å². The number of allylic oxidation sites excluding steroid dienone is 2. The topological polar surface area (TPSA) is 59.1 Å². The van der Waals surface area contributed by atoms with Crippen LogP contribution >= 0.6 is 0 Å². The molecule has 0 saturated heterocycles. The Kier molecular flexibility index (Phi) is 4.44. The average Bonchev–Trinajstić information content (AvgIpc) is 2.40. The van der Waals surface area contributed by atoms with E-state index in [1.165, 1.54) is 13.1 Å². The molecule has 0 radical (unpaired) electrons. The molecule has 1 amide bonds. The Morgan fingerprint density at radius 1 is 1.42 bits per heavy atom. The fourth-order valence-corrected chi connectivity index (χ4v) is 2.16. The zero-order chi connectivity index (χ0) is 13.7. The normalized spacial score (nSPS) is 18.1. The van der Waals surface area contributed by atoms with Gasteiger partial charge in [-0.1, -0.05) is 12.2 Å². The molecule has 0 aliphatic heterocycles. The van der Waals surface area contributed by atoms with E-state index in [0.29, 0.717) is 23.7 Å². The van der Waals surface area contributed by atoms with E-state index >= 15 is 0 Å². The van der Waals surface area contributed by atoms with Crippen molar-refractivity contribution in [3.8, 4) is 0 Å². The molecule has 2 rings (SSSR count). The van der Waals surface area contributed by atoms with Crippen molar-refractivity contribution in [1.82, 2.24) is 4.98 Å². The van der Waals surface area contributed by atoms with E-state index in [4.69, 9.17) is 0 Å². The monoisotopic (exact) mass is 258 g/mol. The lowest BCUT2D eigenvalue weighted by Crippen LogP contribution is -2.17. The number of carbonyl (C=O) groups excluding carboxylic acids is 2. The number of hydrogen-bond acceptors (Lipinski definition) is 3. The molecule has 100 valence electrons. The quantitative estimate of drug-likeness (QED) is 0.667. The fourth-order valence-electron chi connectivity index (χ4n) is 2.16. The first-order valence-electron chi connectivity index (χ1n) is 6.58. The van der Waals surface area contributed by atoms with Crippen molar-refractivity contribution in [1.29, 1.82) is 0 Å². The molecule has 1 unspecified atom stereocenters. The minimum Gasteiger partial charge on any atom is -0.311 e. The number of nitrogens with one attached hydrogen (secondary N) is 1. The van der Waals surface area contributed by atoms with Crippen LogP contribution in [0.15, 0.2) is 30.5 Å². The molecular weight excluding hydrogens is 240 g/mol. The van der Waals surface area contributed by atoms with Crippen LogP contribution in [0.5, 0.6) is 0 Å². The maximum absolute atomic E-state index is 11.8. The van der Waals surface area contributed by atoms with Gasteiger partial charge in [0.1, 0.15) is 5.82 Å². The number of rotatable bonds is 4.